The summed E-state index contributed by atoms with van der Waals surface area (Å²) in [6.07, 6.45) is 43.4. The lowest BCUT2D eigenvalue weighted by Gasteiger charge is -2.41. The average molecular weight is 921 g/mol. The summed E-state index contributed by atoms with van der Waals surface area (Å²) >= 11 is 0. The fourth-order valence-electron chi connectivity index (χ4n) is 6.62. The first-order chi connectivity index (χ1) is 31.0. The van der Waals surface area contributed by atoms with Crippen molar-refractivity contribution in [2.24, 2.45) is 0 Å². The molecule has 0 saturated heterocycles. The van der Waals surface area contributed by atoms with Crippen molar-refractivity contribution < 1.29 is 58.3 Å². The van der Waals surface area contributed by atoms with E-state index in [0.717, 1.165) is 103 Å². The molecule has 366 valence electrons. The van der Waals surface area contributed by atoms with Gasteiger partial charge >= 0.3 is 13.8 Å². The third-order valence-electron chi connectivity index (χ3n) is 10.4. The van der Waals surface area contributed by atoms with Crippen molar-refractivity contribution in [1.82, 2.24) is 0 Å². The van der Waals surface area contributed by atoms with E-state index in [4.69, 9.17) is 18.5 Å². The third-order valence-corrected chi connectivity index (χ3v) is 11.4. The van der Waals surface area contributed by atoms with Gasteiger partial charge in [0.05, 0.1) is 13.2 Å². The van der Waals surface area contributed by atoms with Gasteiger partial charge in [0.2, 0.25) is 0 Å². The third kappa shape index (κ3) is 32.0. The van der Waals surface area contributed by atoms with Crippen molar-refractivity contribution in [1.29, 1.82) is 0 Å². The van der Waals surface area contributed by atoms with Crippen LogP contribution in [-0.2, 0) is 27.9 Å². The smallest absolute Gasteiger partial charge is 0.457 e. The molecule has 64 heavy (non-hydrogen) atoms. The molecule has 1 aliphatic rings. The summed E-state index contributed by atoms with van der Waals surface area (Å²) in [7, 11) is -5.04. The van der Waals surface area contributed by atoms with Crippen molar-refractivity contribution >= 4 is 13.8 Å². The van der Waals surface area contributed by atoms with E-state index in [-0.39, 0.29) is 13.0 Å². The number of phosphoric ester groups is 1. The average Bonchev–Trinajstić information content (AvgIpc) is 3.28. The molecule has 0 aliphatic heterocycles. The predicted octanol–water partition coefficient (Wildman–Crippen LogP) is 10.3. The molecule has 6 atom stereocenters. The summed E-state index contributed by atoms with van der Waals surface area (Å²) in [5.41, 5.74) is 0. The molecule has 13 heteroatoms. The minimum atomic E-state index is -5.04. The van der Waals surface area contributed by atoms with Crippen LogP contribution >= 0.6 is 7.82 Å². The molecule has 1 rings (SSSR count). The molecule has 0 aromatic heterocycles. The Morgan fingerprint density at radius 1 is 0.516 bits per heavy atom. The van der Waals surface area contributed by atoms with Gasteiger partial charge in [0.1, 0.15) is 42.7 Å². The van der Waals surface area contributed by atoms with Crippen LogP contribution in [0.5, 0.6) is 0 Å². The molecule has 12 nitrogen and oxygen atoms in total. The Bertz CT molecular complexity index is 1420. The zero-order valence-electron chi connectivity index (χ0n) is 39.0. The van der Waals surface area contributed by atoms with Crippen molar-refractivity contribution in [3.63, 3.8) is 0 Å². The van der Waals surface area contributed by atoms with Crippen LogP contribution in [0.4, 0.5) is 0 Å². The van der Waals surface area contributed by atoms with Gasteiger partial charge in [-0.3, -0.25) is 13.8 Å². The van der Waals surface area contributed by atoms with Crippen LogP contribution in [0.3, 0.4) is 0 Å². The number of aliphatic hydroxyl groups excluding tert-OH is 5. The van der Waals surface area contributed by atoms with E-state index >= 15 is 0 Å². The van der Waals surface area contributed by atoms with Gasteiger partial charge in [0.25, 0.3) is 0 Å². The van der Waals surface area contributed by atoms with Gasteiger partial charge in [-0.25, -0.2) is 4.57 Å². The van der Waals surface area contributed by atoms with E-state index < -0.39 is 63.1 Å². The van der Waals surface area contributed by atoms with Crippen molar-refractivity contribution in [3.05, 3.63) is 97.2 Å². The van der Waals surface area contributed by atoms with Crippen molar-refractivity contribution in [2.45, 2.75) is 198 Å². The Morgan fingerprint density at radius 3 is 1.42 bits per heavy atom. The number of ether oxygens (including phenoxy) is 2. The van der Waals surface area contributed by atoms with Crippen LogP contribution in [0.25, 0.3) is 0 Å². The summed E-state index contributed by atoms with van der Waals surface area (Å²) < 4.78 is 34.1. The van der Waals surface area contributed by atoms with Crippen LogP contribution in [0.2, 0.25) is 0 Å². The molecule has 0 spiro atoms. The first kappa shape index (κ1) is 59.3. The lowest BCUT2D eigenvalue weighted by Crippen LogP contribution is -2.64. The summed E-state index contributed by atoms with van der Waals surface area (Å²) in [5.74, 6) is -0.507. The molecule has 6 unspecified atom stereocenters. The maximum Gasteiger partial charge on any atom is 0.472 e. The van der Waals surface area contributed by atoms with Crippen molar-refractivity contribution in [2.75, 3.05) is 19.8 Å². The molecule has 6 N–H and O–H groups in total. The zero-order valence-corrected chi connectivity index (χ0v) is 39.9. The summed E-state index contributed by atoms with van der Waals surface area (Å²) in [6.45, 7) is 3.99. The first-order valence-electron chi connectivity index (χ1n) is 24.1. The largest absolute Gasteiger partial charge is 0.472 e. The number of rotatable bonds is 39. The lowest BCUT2D eigenvalue weighted by atomic mass is 9.85. The highest BCUT2D eigenvalue weighted by atomic mass is 31.2. The van der Waals surface area contributed by atoms with Gasteiger partial charge in [-0.2, -0.15) is 0 Å². The van der Waals surface area contributed by atoms with E-state index in [1.54, 1.807) is 0 Å². The molecule has 1 saturated carbocycles. The Balaban J connectivity index is 2.41. The van der Waals surface area contributed by atoms with Gasteiger partial charge in [-0.05, 0) is 96.3 Å². The molecule has 0 amide bonds. The Hall–Kier alpha value is -2.74. The number of hydrogen-bond acceptors (Lipinski definition) is 11. The fraction of sp³-hybridized carbons (Fsp3) is 0.667. The standard InChI is InChI=1S/C51H85O12P/c1-3-5-7-9-11-13-15-17-18-19-20-21-22-23-24-25-26-27-29-31-33-35-37-39-41-60-42-44(43-61-64(58,59)63-51-49(56)47(54)46(53)48(55)50(51)57)62-45(52)40-38-36-34-32-30-28-16-14-12-10-8-6-4-2/h5,7,11,13-14,16-18,20-21,23-24,26-27,31,33,44,46-51,53-57H,3-4,6,8-10,12,15,19,22,25,28-30,32,34-43H2,1-2H3,(H,58,59)/b7-5-,13-11-,16-14-,18-17-,21-20-,24-23-,27-26-,33-31-. The molecule has 0 aromatic rings. The number of allylic oxidation sites excluding steroid dienone is 16. The zero-order chi connectivity index (χ0) is 46.9. The predicted molar refractivity (Wildman–Crippen MR) is 257 cm³/mol. The molecule has 1 aliphatic carbocycles. The molecule has 0 aromatic carbocycles. The van der Waals surface area contributed by atoms with Crippen molar-refractivity contribution in [3.8, 4) is 0 Å². The molecular formula is C51H85O12P. The van der Waals surface area contributed by atoms with Crippen LogP contribution in [-0.4, -0.2) is 98.9 Å². The molecule has 0 bridgehead atoms. The van der Waals surface area contributed by atoms with E-state index in [9.17, 15) is 39.8 Å². The second-order valence-electron chi connectivity index (χ2n) is 16.2. The number of unbranched alkanes of at least 4 members (excludes halogenated alkanes) is 11. The lowest BCUT2D eigenvalue weighted by molar-refractivity contribution is -0.220. The van der Waals surface area contributed by atoms with Gasteiger partial charge in [0.15, 0.2) is 0 Å². The van der Waals surface area contributed by atoms with E-state index in [2.05, 4.69) is 111 Å². The number of phosphoric acid groups is 1. The normalized spacial score (nSPS) is 22.6. The minimum absolute atomic E-state index is 0.116. The maximum atomic E-state index is 12.8. The van der Waals surface area contributed by atoms with Crippen LogP contribution in [0.15, 0.2) is 97.2 Å². The number of carbonyl (C=O) groups is 1. The SMILES string of the molecule is CC/C=C\C/C=C\C/C=C\C/C=C\C/C=C\C/C=C\C/C=C\CCCCOCC(COP(=O)(O)OC1C(O)C(O)C(O)C(O)C1O)OC(=O)CCCCCCC/C=C\CCCCCC. The highest BCUT2D eigenvalue weighted by Gasteiger charge is 2.51. The molecule has 0 radical (unpaired) electrons. The topological polar surface area (TPSA) is 192 Å². The van der Waals surface area contributed by atoms with Crippen LogP contribution in [0.1, 0.15) is 155 Å². The number of hydrogen-bond donors (Lipinski definition) is 6. The molecule has 0 heterocycles. The van der Waals surface area contributed by atoms with Crippen LogP contribution < -0.4 is 0 Å². The Morgan fingerprint density at radius 2 is 0.922 bits per heavy atom. The Kier molecular flexibility index (Phi) is 37.5. The van der Waals surface area contributed by atoms with Gasteiger partial charge in [-0.1, -0.05) is 150 Å². The summed E-state index contributed by atoms with van der Waals surface area (Å²) in [6, 6.07) is 0. The van der Waals surface area contributed by atoms with E-state index in [1.165, 1.54) is 25.7 Å². The second kappa shape index (κ2) is 40.5. The quantitative estimate of drug-likeness (QED) is 0.0148. The van der Waals surface area contributed by atoms with Crippen LogP contribution in [0, 0.1) is 0 Å². The number of aliphatic hydroxyl groups is 5. The summed E-state index contributed by atoms with van der Waals surface area (Å²) in [4.78, 5) is 23.1. The number of carbonyl (C=O) groups excluding carboxylic acids is 1. The Labute approximate surface area is 385 Å². The van der Waals surface area contributed by atoms with E-state index in [1.807, 2.05) is 0 Å². The second-order valence-corrected chi connectivity index (χ2v) is 17.6. The first-order valence-corrected chi connectivity index (χ1v) is 25.6. The highest BCUT2D eigenvalue weighted by molar-refractivity contribution is 7.47. The van der Waals surface area contributed by atoms with E-state index in [0.29, 0.717) is 13.0 Å². The van der Waals surface area contributed by atoms with Gasteiger partial charge in [-0.15, -0.1) is 0 Å². The summed E-state index contributed by atoms with van der Waals surface area (Å²) in [5, 5.41) is 50.2. The molecular weight excluding hydrogens is 836 g/mol. The monoisotopic (exact) mass is 921 g/mol. The minimum Gasteiger partial charge on any atom is -0.457 e. The fourth-order valence-corrected chi connectivity index (χ4v) is 7.59. The highest BCUT2D eigenvalue weighted by Crippen LogP contribution is 2.47. The number of esters is 1. The van der Waals surface area contributed by atoms with Gasteiger partial charge < -0.3 is 39.9 Å². The molecule has 1 fully saturated rings. The van der Waals surface area contributed by atoms with Gasteiger partial charge in [0, 0.05) is 13.0 Å². The maximum absolute atomic E-state index is 12.8.